The van der Waals surface area contributed by atoms with Gasteiger partial charge in [0.1, 0.15) is 5.70 Å². The Morgan fingerprint density at radius 2 is 2.06 bits per heavy atom. The standard InChI is InChI=1S/C19H30N6O6S2/c1-8-14-13(9(2)23-33(21,30)31)18(27)25(14)15(19(28)29)16(8)32-11-5-12(22-6-11)17(26)24-4-3-10(20)7-24/h8-14,22-23H,3-7,20H2,1-2H3,(H,28,29)(H2,21,30,31)/t8-,9?,10-,11+,12+,13-,14-/m1/s1. The van der Waals surface area contributed by atoms with Crippen molar-refractivity contribution in [2.75, 3.05) is 19.6 Å². The summed E-state index contributed by atoms with van der Waals surface area (Å²) in [7, 11) is -4.01. The molecule has 4 rings (SSSR count). The lowest BCUT2D eigenvalue weighted by Gasteiger charge is -2.47. The highest BCUT2D eigenvalue weighted by molar-refractivity contribution is 8.03. The van der Waals surface area contributed by atoms with E-state index < -0.39 is 40.1 Å². The summed E-state index contributed by atoms with van der Waals surface area (Å²) in [6, 6.07) is -1.57. The van der Waals surface area contributed by atoms with E-state index in [-0.39, 0.29) is 34.9 Å². The molecule has 4 heterocycles. The molecule has 1 unspecified atom stereocenters. The van der Waals surface area contributed by atoms with Gasteiger partial charge in [0, 0.05) is 47.8 Å². The summed E-state index contributed by atoms with van der Waals surface area (Å²) in [5, 5.41) is 18.1. The minimum Gasteiger partial charge on any atom is -0.477 e. The molecule has 0 aromatic heterocycles. The first-order valence-electron chi connectivity index (χ1n) is 10.9. The topological polar surface area (TPSA) is 188 Å². The summed E-state index contributed by atoms with van der Waals surface area (Å²) in [5.41, 5.74) is 5.86. The number of carboxylic acid groups (broad SMARTS) is 1. The first-order valence-corrected chi connectivity index (χ1v) is 13.4. The SMILES string of the molecule is CC(NS(N)(=O)=O)[C@H]1C(=O)N2C(C(=O)O)=C(S[C@@H]3CN[C@H](C(=O)N4CC[C@@H](N)C4)C3)[C@H](C)[C@H]12. The number of hydrogen-bond donors (Lipinski definition) is 5. The molecule has 2 amide bonds. The summed E-state index contributed by atoms with van der Waals surface area (Å²) in [6.45, 7) is 5.12. The van der Waals surface area contributed by atoms with Gasteiger partial charge in [-0.3, -0.25) is 9.59 Å². The predicted octanol–water partition coefficient (Wildman–Crippen LogP) is -2.04. The van der Waals surface area contributed by atoms with Gasteiger partial charge in [0.15, 0.2) is 0 Å². The maximum Gasteiger partial charge on any atom is 0.353 e. The van der Waals surface area contributed by atoms with Crippen molar-refractivity contribution in [1.82, 2.24) is 19.8 Å². The average molecular weight is 503 g/mol. The summed E-state index contributed by atoms with van der Waals surface area (Å²) in [5.74, 6) is -2.62. The van der Waals surface area contributed by atoms with Gasteiger partial charge in [-0.15, -0.1) is 11.8 Å². The lowest BCUT2D eigenvalue weighted by Crippen LogP contribution is -2.66. The minimum absolute atomic E-state index is 0.00397. The molecule has 4 aliphatic rings. The molecule has 14 heteroatoms. The fraction of sp³-hybridized carbons (Fsp3) is 0.737. The van der Waals surface area contributed by atoms with Crippen LogP contribution in [0.25, 0.3) is 0 Å². The number of carboxylic acids is 1. The van der Waals surface area contributed by atoms with Crippen molar-refractivity contribution >= 4 is 39.8 Å². The Balaban J connectivity index is 1.46. The van der Waals surface area contributed by atoms with Crippen molar-refractivity contribution in [2.45, 2.75) is 56.1 Å². The van der Waals surface area contributed by atoms with E-state index in [9.17, 15) is 27.9 Å². The molecule has 7 atom stereocenters. The van der Waals surface area contributed by atoms with Crippen LogP contribution in [-0.2, 0) is 24.6 Å². The number of carbonyl (C=O) groups is 3. The van der Waals surface area contributed by atoms with Crippen LogP contribution in [0.3, 0.4) is 0 Å². The number of nitrogens with zero attached hydrogens (tertiary/aromatic N) is 2. The first-order chi connectivity index (χ1) is 15.4. The second-order valence-corrected chi connectivity index (χ2v) is 11.9. The van der Waals surface area contributed by atoms with Gasteiger partial charge in [-0.05, 0) is 19.8 Å². The van der Waals surface area contributed by atoms with Crippen LogP contribution in [-0.4, -0.2) is 90.2 Å². The van der Waals surface area contributed by atoms with Crippen LogP contribution in [0.5, 0.6) is 0 Å². The quantitative estimate of drug-likeness (QED) is 0.244. The summed E-state index contributed by atoms with van der Waals surface area (Å²) >= 11 is 1.38. The molecule has 7 N–H and O–H groups in total. The average Bonchev–Trinajstić information content (AvgIpc) is 3.39. The van der Waals surface area contributed by atoms with Crippen LogP contribution in [0.15, 0.2) is 10.6 Å². The molecule has 0 saturated carbocycles. The fourth-order valence-electron chi connectivity index (χ4n) is 5.40. The maximum absolute atomic E-state index is 12.8. The Morgan fingerprint density at radius 3 is 2.64 bits per heavy atom. The summed E-state index contributed by atoms with van der Waals surface area (Å²) in [6.07, 6.45) is 1.33. The maximum atomic E-state index is 12.8. The summed E-state index contributed by atoms with van der Waals surface area (Å²) in [4.78, 5) is 41.2. The molecule has 0 spiro atoms. The number of carbonyl (C=O) groups excluding carboxylic acids is 2. The number of β-lactam (4-membered cyclic amide) rings is 1. The Kier molecular flexibility index (Phi) is 6.52. The fourth-order valence-corrected chi connectivity index (χ4v) is 7.54. The van der Waals surface area contributed by atoms with Crippen molar-refractivity contribution in [1.29, 1.82) is 0 Å². The molecule has 3 fully saturated rings. The Hall–Kier alpha value is -1.71. The molecule has 0 radical (unpaired) electrons. The van der Waals surface area contributed by atoms with Crippen LogP contribution in [0, 0.1) is 11.8 Å². The third-order valence-electron chi connectivity index (χ3n) is 6.90. The zero-order valence-corrected chi connectivity index (χ0v) is 20.1. The van der Waals surface area contributed by atoms with E-state index in [1.807, 2.05) is 6.92 Å². The highest BCUT2D eigenvalue weighted by atomic mass is 32.2. The van der Waals surface area contributed by atoms with Gasteiger partial charge in [0.25, 0.3) is 10.2 Å². The number of thioether (sulfide) groups is 1. The zero-order chi connectivity index (χ0) is 24.2. The largest absolute Gasteiger partial charge is 0.477 e. The van der Waals surface area contributed by atoms with Gasteiger partial charge < -0.3 is 26.0 Å². The first kappa shape index (κ1) is 24.4. The van der Waals surface area contributed by atoms with E-state index in [1.54, 1.807) is 11.8 Å². The highest BCUT2D eigenvalue weighted by Gasteiger charge is 2.60. The Bertz CT molecular complexity index is 1000. The second-order valence-electron chi connectivity index (χ2n) is 9.25. The molecule has 12 nitrogen and oxygen atoms in total. The van der Waals surface area contributed by atoms with Crippen molar-refractivity contribution in [3.05, 3.63) is 10.6 Å². The molecule has 33 heavy (non-hydrogen) atoms. The molecule has 0 aromatic carbocycles. The van der Waals surface area contributed by atoms with Crippen molar-refractivity contribution in [3.8, 4) is 0 Å². The number of nitrogens with two attached hydrogens (primary N) is 2. The van der Waals surface area contributed by atoms with Crippen molar-refractivity contribution in [2.24, 2.45) is 22.7 Å². The molecule has 0 aliphatic carbocycles. The van der Waals surface area contributed by atoms with Gasteiger partial charge >= 0.3 is 5.97 Å². The number of fused-ring (bicyclic) bond motifs is 1. The molecular weight excluding hydrogens is 472 g/mol. The van der Waals surface area contributed by atoms with Gasteiger partial charge in [0.05, 0.1) is 18.0 Å². The van der Waals surface area contributed by atoms with Crippen LogP contribution in [0.1, 0.15) is 26.7 Å². The van der Waals surface area contributed by atoms with Crippen LogP contribution < -0.4 is 20.9 Å². The van der Waals surface area contributed by atoms with Crippen molar-refractivity contribution < 1.29 is 27.9 Å². The smallest absolute Gasteiger partial charge is 0.353 e. The lowest BCUT2D eigenvalue weighted by molar-refractivity contribution is -0.157. The molecule has 184 valence electrons. The number of hydrogen-bond acceptors (Lipinski definition) is 8. The molecule has 0 aromatic rings. The molecule has 4 aliphatic heterocycles. The number of likely N-dealkylation sites (tertiary alicyclic amines) is 1. The monoisotopic (exact) mass is 502 g/mol. The number of nitrogens with one attached hydrogen (secondary N) is 2. The van der Waals surface area contributed by atoms with E-state index in [0.29, 0.717) is 31.0 Å². The van der Waals surface area contributed by atoms with Crippen LogP contribution >= 0.6 is 11.8 Å². The van der Waals surface area contributed by atoms with Crippen molar-refractivity contribution in [3.63, 3.8) is 0 Å². The third kappa shape index (κ3) is 4.51. The van der Waals surface area contributed by atoms with E-state index in [4.69, 9.17) is 10.9 Å². The normalized spacial score (nSPS) is 35.1. The number of rotatable bonds is 7. The summed E-state index contributed by atoms with van der Waals surface area (Å²) < 4.78 is 25.1. The number of amides is 2. The lowest BCUT2D eigenvalue weighted by atomic mass is 9.78. The van der Waals surface area contributed by atoms with Gasteiger partial charge in [-0.25, -0.2) is 9.93 Å². The van der Waals surface area contributed by atoms with Gasteiger partial charge in [-0.2, -0.15) is 13.1 Å². The van der Waals surface area contributed by atoms with Crippen LogP contribution in [0.4, 0.5) is 0 Å². The van der Waals surface area contributed by atoms with E-state index in [2.05, 4.69) is 10.0 Å². The van der Waals surface area contributed by atoms with Gasteiger partial charge in [0.2, 0.25) is 11.8 Å². The highest BCUT2D eigenvalue weighted by Crippen LogP contribution is 2.51. The van der Waals surface area contributed by atoms with E-state index in [0.717, 1.165) is 6.42 Å². The van der Waals surface area contributed by atoms with Crippen LogP contribution in [0.2, 0.25) is 0 Å². The molecule has 3 saturated heterocycles. The molecular formula is C19H30N6O6S2. The third-order valence-corrected chi connectivity index (χ3v) is 9.11. The molecule has 0 bridgehead atoms. The zero-order valence-electron chi connectivity index (χ0n) is 18.4. The minimum atomic E-state index is -4.01. The Morgan fingerprint density at radius 1 is 1.36 bits per heavy atom. The van der Waals surface area contributed by atoms with Gasteiger partial charge in [-0.1, -0.05) is 6.92 Å². The van der Waals surface area contributed by atoms with E-state index >= 15 is 0 Å². The predicted molar refractivity (Wildman–Crippen MR) is 121 cm³/mol. The number of aliphatic carboxylic acids is 1. The second kappa shape index (κ2) is 8.82. The van der Waals surface area contributed by atoms with E-state index in [1.165, 1.54) is 16.7 Å². The Labute approximate surface area is 196 Å².